The molecule has 172 valence electrons. The van der Waals surface area contributed by atoms with Crippen molar-refractivity contribution in [1.82, 2.24) is 0 Å². The van der Waals surface area contributed by atoms with Crippen molar-refractivity contribution in [3.8, 4) is 0 Å². The first-order valence-corrected chi connectivity index (χ1v) is 12.0. The third-order valence-electron chi connectivity index (χ3n) is 4.79. The second-order valence-corrected chi connectivity index (χ2v) is 8.49. The van der Waals surface area contributed by atoms with E-state index in [0.717, 1.165) is 35.5 Å². The SMILES string of the molecule is C=C/C(=C\C=C/C)C(=O)O/N=C(/CCCCCC)C(=O)c1ccc(Sc2ccccc2)cc1. The Kier molecular flexibility index (Phi) is 11.7. The van der Waals surface area contributed by atoms with Gasteiger partial charge in [-0.05, 0) is 62.2 Å². The quantitative estimate of drug-likeness (QED) is 0.0587. The molecule has 0 amide bonds. The summed E-state index contributed by atoms with van der Waals surface area (Å²) in [7, 11) is 0. The van der Waals surface area contributed by atoms with Gasteiger partial charge >= 0.3 is 5.97 Å². The Morgan fingerprint density at radius 1 is 1.00 bits per heavy atom. The second-order valence-electron chi connectivity index (χ2n) is 7.35. The van der Waals surface area contributed by atoms with Crippen LogP contribution in [0.25, 0.3) is 0 Å². The molecule has 0 aliphatic heterocycles. The number of oxime groups is 1. The van der Waals surface area contributed by atoms with E-state index in [1.54, 1.807) is 42.1 Å². The zero-order valence-electron chi connectivity index (χ0n) is 19.3. The molecule has 0 radical (unpaired) electrons. The molecular weight excluding hydrogens is 430 g/mol. The summed E-state index contributed by atoms with van der Waals surface area (Å²) >= 11 is 1.63. The van der Waals surface area contributed by atoms with Crippen molar-refractivity contribution in [2.45, 2.75) is 55.7 Å². The molecule has 0 atom stereocenters. The lowest BCUT2D eigenvalue weighted by molar-refractivity contribution is -0.138. The summed E-state index contributed by atoms with van der Waals surface area (Å²) in [4.78, 5) is 32.7. The number of unbranched alkanes of at least 4 members (excludes halogenated alkanes) is 3. The van der Waals surface area contributed by atoms with Crippen molar-refractivity contribution in [1.29, 1.82) is 0 Å². The van der Waals surface area contributed by atoms with Gasteiger partial charge in [-0.1, -0.05) is 86.1 Å². The lowest BCUT2D eigenvalue weighted by atomic mass is 10.0. The molecule has 0 N–H and O–H groups in total. The molecule has 0 unspecified atom stereocenters. The van der Waals surface area contributed by atoms with E-state index in [2.05, 4.69) is 18.7 Å². The number of rotatable bonds is 13. The van der Waals surface area contributed by atoms with Gasteiger partial charge < -0.3 is 4.84 Å². The number of carbonyl (C=O) groups is 2. The van der Waals surface area contributed by atoms with Gasteiger partial charge in [0.25, 0.3) is 0 Å². The fourth-order valence-corrected chi connectivity index (χ4v) is 3.79. The number of Topliss-reactive ketones (excluding diaryl/α,β-unsaturated/α-hetero) is 1. The highest BCUT2D eigenvalue weighted by Gasteiger charge is 2.17. The molecule has 4 nitrogen and oxygen atoms in total. The summed E-state index contributed by atoms with van der Waals surface area (Å²) in [5, 5.41) is 3.96. The van der Waals surface area contributed by atoms with Gasteiger partial charge in [-0.25, -0.2) is 4.79 Å². The summed E-state index contributed by atoms with van der Waals surface area (Å²) in [5.41, 5.74) is 1.04. The van der Waals surface area contributed by atoms with E-state index in [1.165, 1.54) is 6.08 Å². The topological polar surface area (TPSA) is 55.7 Å². The van der Waals surface area contributed by atoms with Crippen LogP contribution in [0.15, 0.2) is 106 Å². The fraction of sp³-hybridized carbons (Fsp3) is 0.250. The molecule has 2 aromatic carbocycles. The van der Waals surface area contributed by atoms with Crippen molar-refractivity contribution in [2.24, 2.45) is 5.16 Å². The van der Waals surface area contributed by atoms with Crippen LogP contribution in [0.1, 0.15) is 56.3 Å². The van der Waals surface area contributed by atoms with Crippen molar-refractivity contribution in [3.63, 3.8) is 0 Å². The molecule has 0 fully saturated rings. The minimum atomic E-state index is -0.642. The van der Waals surface area contributed by atoms with Crippen LogP contribution in [-0.2, 0) is 9.63 Å². The van der Waals surface area contributed by atoms with Gasteiger partial charge in [0.15, 0.2) is 0 Å². The molecular formula is C28H31NO3S. The van der Waals surface area contributed by atoms with E-state index >= 15 is 0 Å². The van der Waals surface area contributed by atoms with Gasteiger partial charge in [0.05, 0.1) is 5.57 Å². The molecule has 0 spiro atoms. The first kappa shape index (κ1) is 26.1. The van der Waals surface area contributed by atoms with E-state index in [9.17, 15) is 9.59 Å². The maximum absolute atomic E-state index is 13.1. The maximum atomic E-state index is 13.1. The number of carbonyl (C=O) groups excluding carboxylic acids is 2. The van der Waals surface area contributed by atoms with Crippen LogP contribution < -0.4 is 0 Å². The minimum Gasteiger partial charge on any atom is -0.312 e. The lowest BCUT2D eigenvalue weighted by Gasteiger charge is -2.07. The second kappa shape index (κ2) is 14.8. The number of benzene rings is 2. The number of allylic oxidation sites excluding steroid dienone is 3. The molecule has 33 heavy (non-hydrogen) atoms. The van der Waals surface area contributed by atoms with Gasteiger partial charge in [0.1, 0.15) is 5.71 Å². The highest BCUT2D eigenvalue weighted by atomic mass is 32.2. The molecule has 0 aliphatic rings. The Morgan fingerprint density at radius 3 is 2.33 bits per heavy atom. The highest BCUT2D eigenvalue weighted by Crippen LogP contribution is 2.27. The van der Waals surface area contributed by atoms with Gasteiger partial charge in [0, 0.05) is 15.4 Å². The molecule has 0 aliphatic carbocycles. The van der Waals surface area contributed by atoms with Gasteiger partial charge in [-0.2, -0.15) is 0 Å². The Balaban J connectivity index is 2.15. The zero-order chi connectivity index (χ0) is 23.9. The molecule has 2 rings (SSSR count). The summed E-state index contributed by atoms with van der Waals surface area (Å²) in [6.45, 7) is 7.61. The van der Waals surface area contributed by atoms with Crippen LogP contribution >= 0.6 is 11.8 Å². The Morgan fingerprint density at radius 2 is 1.70 bits per heavy atom. The summed E-state index contributed by atoms with van der Waals surface area (Å²) in [5.74, 6) is -0.871. The molecule has 0 heterocycles. The average molecular weight is 462 g/mol. The van der Waals surface area contributed by atoms with Crippen LogP contribution in [-0.4, -0.2) is 17.5 Å². The van der Waals surface area contributed by atoms with Crippen LogP contribution in [0.3, 0.4) is 0 Å². The molecule has 0 saturated carbocycles. The predicted molar refractivity (Wildman–Crippen MR) is 137 cm³/mol. The summed E-state index contributed by atoms with van der Waals surface area (Å²) < 4.78 is 0. The molecule has 5 heteroatoms. The molecule has 0 aromatic heterocycles. The van der Waals surface area contributed by atoms with Crippen molar-refractivity contribution in [2.75, 3.05) is 0 Å². The summed E-state index contributed by atoms with van der Waals surface area (Å²) in [6, 6.07) is 17.5. The number of nitrogens with zero attached hydrogens (tertiary/aromatic N) is 1. The number of hydrogen-bond acceptors (Lipinski definition) is 5. The minimum absolute atomic E-state index is 0.229. The number of ketones is 1. The average Bonchev–Trinajstić information content (AvgIpc) is 2.84. The Hall–Kier alpha value is -3.18. The van der Waals surface area contributed by atoms with Gasteiger partial charge in [-0.3, -0.25) is 4.79 Å². The Bertz CT molecular complexity index is 1010. The third kappa shape index (κ3) is 9.07. The first-order chi connectivity index (χ1) is 16.1. The van der Waals surface area contributed by atoms with E-state index in [0.29, 0.717) is 12.0 Å². The van der Waals surface area contributed by atoms with E-state index in [1.807, 2.05) is 49.4 Å². The highest BCUT2D eigenvalue weighted by molar-refractivity contribution is 7.99. The van der Waals surface area contributed by atoms with Crippen molar-refractivity contribution in [3.05, 3.63) is 96.6 Å². The van der Waals surface area contributed by atoms with Gasteiger partial charge in [-0.15, -0.1) is 0 Å². The van der Waals surface area contributed by atoms with E-state index in [-0.39, 0.29) is 17.1 Å². The Labute approximate surface area is 201 Å². The smallest absolute Gasteiger partial charge is 0.312 e. The number of hydrogen-bond donors (Lipinski definition) is 0. The van der Waals surface area contributed by atoms with Crippen LogP contribution in [0.2, 0.25) is 0 Å². The van der Waals surface area contributed by atoms with Gasteiger partial charge in [0.2, 0.25) is 5.78 Å². The lowest BCUT2D eigenvalue weighted by Crippen LogP contribution is -2.16. The largest absolute Gasteiger partial charge is 0.365 e. The molecule has 0 saturated heterocycles. The van der Waals surface area contributed by atoms with Crippen LogP contribution in [0, 0.1) is 0 Å². The van der Waals surface area contributed by atoms with E-state index < -0.39 is 5.97 Å². The first-order valence-electron chi connectivity index (χ1n) is 11.2. The van der Waals surface area contributed by atoms with E-state index in [4.69, 9.17) is 4.84 Å². The molecule has 0 bridgehead atoms. The predicted octanol–water partition coefficient (Wildman–Crippen LogP) is 7.58. The normalized spacial score (nSPS) is 12.1. The molecule has 2 aromatic rings. The van der Waals surface area contributed by atoms with Crippen LogP contribution in [0.4, 0.5) is 0 Å². The third-order valence-corrected chi connectivity index (χ3v) is 5.80. The summed E-state index contributed by atoms with van der Waals surface area (Å²) in [6.07, 6.45) is 10.9. The van der Waals surface area contributed by atoms with Crippen molar-refractivity contribution >= 4 is 29.2 Å². The van der Waals surface area contributed by atoms with Crippen molar-refractivity contribution < 1.29 is 14.4 Å². The monoisotopic (exact) mass is 461 g/mol. The fourth-order valence-electron chi connectivity index (χ4n) is 2.95. The van der Waals surface area contributed by atoms with Crippen LogP contribution in [0.5, 0.6) is 0 Å². The standard InChI is InChI=1S/C28H31NO3S/c1-4-7-9-13-17-26(29-32-28(31)22(6-3)14-8-5-2)27(30)23-18-20-25(21-19-23)33-24-15-11-10-12-16-24/h5-6,8,10-12,14-16,18-21H,3-4,7,9,13,17H2,1-2H3/b8-5-,22-14+,29-26-. The maximum Gasteiger partial charge on any atom is 0.365 e. The zero-order valence-corrected chi connectivity index (χ0v) is 20.1.